The molecule has 0 saturated heterocycles. The summed E-state index contributed by atoms with van der Waals surface area (Å²) in [5.41, 5.74) is 0. The summed E-state index contributed by atoms with van der Waals surface area (Å²) >= 11 is 3.15. The first-order valence-corrected chi connectivity index (χ1v) is 6.59. The molecule has 0 bridgehead atoms. The van der Waals surface area contributed by atoms with E-state index in [9.17, 15) is 9.18 Å². The number of unbranched alkanes of at least 4 members (excludes halogenated alkanes) is 3. The lowest BCUT2D eigenvalue weighted by atomic mass is 10.2. The van der Waals surface area contributed by atoms with E-state index >= 15 is 0 Å². The summed E-state index contributed by atoms with van der Waals surface area (Å²) in [7, 11) is 0. The van der Waals surface area contributed by atoms with Crippen molar-refractivity contribution in [2.24, 2.45) is 0 Å². The van der Waals surface area contributed by atoms with E-state index in [1.807, 2.05) is 12.2 Å². The van der Waals surface area contributed by atoms with E-state index in [0.717, 1.165) is 6.42 Å². The summed E-state index contributed by atoms with van der Waals surface area (Å²) in [5, 5.41) is 0. The van der Waals surface area contributed by atoms with Crippen LogP contribution < -0.4 is 0 Å². The van der Waals surface area contributed by atoms with Gasteiger partial charge in [-0.2, -0.15) is 0 Å². The number of esters is 1. The van der Waals surface area contributed by atoms with E-state index in [1.165, 1.54) is 26.2 Å². The Labute approximate surface area is 105 Å². The Morgan fingerprint density at radius 3 is 2.69 bits per heavy atom. The molecular weight excluding hydrogens is 275 g/mol. The van der Waals surface area contributed by atoms with Gasteiger partial charge < -0.3 is 4.74 Å². The Kier molecular flexibility index (Phi) is 9.59. The second-order valence-corrected chi connectivity index (χ2v) is 4.86. The molecule has 4 heteroatoms. The third-order valence-electron chi connectivity index (χ3n) is 2.07. The van der Waals surface area contributed by atoms with Gasteiger partial charge in [-0.3, -0.25) is 4.79 Å². The predicted octanol–water partition coefficient (Wildman–Crippen LogP) is 4.14. The fourth-order valence-corrected chi connectivity index (χ4v) is 1.52. The van der Waals surface area contributed by atoms with Gasteiger partial charge in [0.1, 0.15) is 0 Å². The van der Waals surface area contributed by atoms with Crippen molar-refractivity contribution in [3.63, 3.8) is 0 Å². The van der Waals surface area contributed by atoms with Crippen molar-refractivity contribution in [1.29, 1.82) is 0 Å². The molecule has 0 radical (unpaired) electrons. The van der Waals surface area contributed by atoms with Crippen molar-refractivity contribution >= 4 is 21.9 Å². The molecule has 0 aliphatic heterocycles. The maximum atomic E-state index is 13.2. The number of alkyl halides is 2. The van der Waals surface area contributed by atoms with Gasteiger partial charge in [0.15, 0.2) is 0 Å². The van der Waals surface area contributed by atoms with Crippen molar-refractivity contribution in [2.45, 2.75) is 57.1 Å². The van der Waals surface area contributed by atoms with Crippen LogP contribution >= 0.6 is 15.9 Å². The minimum atomic E-state index is -1.57. The molecule has 94 valence electrons. The van der Waals surface area contributed by atoms with Gasteiger partial charge in [-0.15, -0.1) is 0 Å². The molecular formula is C12H20BrFO2. The molecule has 0 aliphatic rings. The Hall–Kier alpha value is -0.380. The van der Waals surface area contributed by atoms with E-state index in [4.69, 9.17) is 0 Å². The van der Waals surface area contributed by atoms with Gasteiger partial charge in [-0.1, -0.05) is 47.8 Å². The highest BCUT2D eigenvalue weighted by molar-refractivity contribution is 9.09. The van der Waals surface area contributed by atoms with Crippen LogP contribution in [-0.2, 0) is 9.53 Å². The molecule has 2 atom stereocenters. The van der Waals surface area contributed by atoms with Gasteiger partial charge in [-0.25, -0.2) is 4.39 Å². The molecule has 0 aromatic heterocycles. The molecule has 0 heterocycles. The zero-order valence-corrected chi connectivity index (χ0v) is 11.5. The van der Waals surface area contributed by atoms with E-state index < -0.39 is 17.2 Å². The molecule has 0 amide bonds. The lowest BCUT2D eigenvalue weighted by Crippen LogP contribution is -2.21. The summed E-state index contributed by atoms with van der Waals surface area (Å²) in [6.07, 6.45) is 7.55. The summed E-state index contributed by atoms with van der Waals surface area (Å²) in [6.45, 7) is 3.36. The molecule has 0 fully saturated rings. The van der Waals surface area contributed by atoms with E-state index in [0.29, 0.717) is 6.42 Å². The summed E-state index contributed by atoms with van der Waals surface area (Å²) in [4.78, 5) is 10.0. The first-order valence-electron chi connectivity index (χ1n) is 5.68. The van der Waals surface area contributed by atoms with Crippen molar-refractivity contribution in [1.82, 2.24) is 0 Å². The number of halogens is 2. The lowest BCUT2D eigenvalue weighted by molar-refractivity contribution is -0.154. The van der Waals surface area contributed by atoms with Crippen molar-refractivity contribution in [3.05, 3.63) is 12.2 Å². The van der Waals surface area contributed by atoms with Gasteiger partial charge in [-0.05, 0) is 19.3 Å². The summed E-state index contributed by atoms with van der Waals surface area (Å²) in [5.74, 6) is -0.594. The smallest absolute Gasteiger partial charge is 0.305 e. The highest BCUT2D eigenvalue weighted by Crippen LogP contribution is 2.16. The standard InChI is InChI=1S/C12H20BrFO2/c1-3-4-5-6-7-8-9-11(13)12(14)16-10(2)15/h7-8,11-12H,3-6,9H2,1-2H3/b8-7+. The molecule has 0 N–H and O–H groups in total. The van der Waals surface area contributed by atoms with E-state index in [2.05, 4.69) is 27.6 Å². The monoisotopic (exact) mass is 294 g/mol. The van der Waals surface area contributed by atoms with Crippen molar-refractivity contribution < 1.29 is 13.9 Å². The fraction of sp³-hybridized carbons (Fsp3) is 0.750. The second-order valence-electron chi connectivity index (χ2n) is 3.68. The van der Waals surface area contributed by atoms with E-state index in [1.54, 1.807) is 0 Å². The van der Waals surface area contributed by atoms with Crippen LogP contribution in [0, 0.1) is 0 Å². The maximum Gasteiger partial charge on any atom is 0.305 e. The van der Waals surface area contributed by atoms with Crippen molar-refractivity contribution in [3.8, 4) is 0 Å². The molecule has 16 heavy (non-hydrogen) atoms. The lowest BCUT2D eigenvalue weighted by Gasteiger charge is -2.12. The Morgan fingerprint density at radius 1 is 1.44 bits per heavy atom. The molecule has 0 spiro atoms. The third-order valence-corrected chi connectivity index (χ3v) is 2.85. The zero-order valence-electron chi connectivity index (χ0n) is 9.92. The Balaban J connectivity index is 3.62. The van der Waals surface area contributed by atoms with Crippen LogP contribution in [0.15, 0.2) is 12.2 Å². The van der Waals surface area contributed by atoms with Gasteiger partial charge >= 0.3 is 5.97 Å². The van der Waals surface area contributed by atoms with Crippen LogP contribution in [0.1, 0.15) is 46.0 Å². The van der Waals surface area contributed by atoms with Crippen molar-refractivity contribution in [2.75, 3.05) is 0 Å². The number of ether oxygens (including phenoxy) is 1. The van der Waals surface area contributed by atoms with Gasteiger partial charge in [0.05, 0.1) is 4.83 Å². The number of hydrogen-bond donors (Lipinski definition) is 0. The quantitative estimate of drug-likeness (QED) is 0.291. The minimum absolute atomic E-state index is 0.459. The molecule has 0 aromatic carbocycles. The highest BCUT2D eigenvalue weighted by atomic mass is 79.9. The highest BCUT2D eigenvalue weighted by Gasteiger charge is 2.19. The number of carbonyl (C=O) groups excluding carboxylic acids is 1. The largest absolute Gasteiger partial charge is 0.430 e. The first kappa shape index (κ1) is 15.6. The summed E-state index contributed by atoms with van der Waals surface area (Å²) < 4.78 is 17.6. The van der Waals surface area contributed by atoms with Crippen LogP contribution in [-0.4, -0.2) is 17.2 Å². The zero-order chi connectivity index (χ0) is 12.4. The predicted molar refractivity (Wildman–Crippen MR) is 67.3 cm³/mol. The molecule has 0 aliphatic carbocycles. The van der Waals surface area contributed by atoms with Crippen LogP contribution in [0.25, 0.3) is 0 Å². The van der Waals surface area contributed by atoms with Gasteiger partial charge in [0.2, 0.25) is 0 Å². The molecule has 0 aromatic rings. The molecule has 0 rings (SSSR count). The Morgan fingerprint density at radius 2 is 2.12 bits per heavy atom. The average molecular weight is 295 g/mol. The number of carbonyl (C=O) groups is 1. The van der Waals surface area contributed by atoms with Crippen LogP contribution in [0.3, 0.4) is 0 Å². The number of rotatable bonds is 8. The molecule has 2 unspecified atom stereocenters. The number of hydrogen-bond acceptors (Lipinski definition) is 2. The normalized spacial score (nSPS) is 15.0. The first-order chi connectivity index (χ1) is 7.57. The SMILES string of the molecule is CCCCC/C=C/CC(Br)C(F)OC(C)=O. The van der Waals surface area contributed by atoms with Crippen LogP contribution in [0.4, 0.5) is 4.39 Å². The fourth-order valence-electron chi connectivity index (χ4n) is 1.20. The van der Waals surface area contributed by atoms with Crippen LogP contribution in [0.2, 0.25) is 0 Å². The second kappa shape index (κ2) is 9.82. The van der Waals surface area contributed by atoms with Gasteiger partial charge in [0.25, 0.3) is 6.36 Å². The van der Waals surface area contributed by atoms with E-state index in [-0.39, 0.29) is 0 Å². The van der Waals surface area contributed by atoms with Gasteiger partial charge in [0, 0.05) is 6.92 Å². The Bertz CT molecular complexity index is 219. The number of allylic oxidation sites excluding steroid dienone is 2. The summed E-state index contributed by atoms with van der Waals surface area (Å²) in [6, 6.07) is 0. The topological polar surface area (TPSA) is 26.3 Å². The maximum absolute atomic E-state index is 13.2. The van der Waals surface area contributed by atoms with Crippen LogP contribution in [0.5, 0.6) is 0 Å². The molecule has 2 nitrogen and oxygen atoms in total. The molecule has 0 saturated carbocycles. The minimum Gasteiger partial charge on any atom is -0.430 e. The third kappa shape index (κ3) is 8.89. The average Bonchev–Trinajstić information content (AvgIpc) is 2.21.